The third-order valence-electron chi connectivity index (χ3n) is 4.22. The van der Waals surface area contributed by atoms with E-state index in [1.165, 1.54) is 25.7 Å². The van der Waals surface area contributed by atoms with Crippen LogP contribution in [-0.4, -0.2) is 32.4 Å². The van der Waals surface area contributed by atoms with Crippen molar-refractivity contribution in [2.75, 3.05) is 12.0 Å². The fourth-order valence-corrected chi connectivity index (χ4v) is 4.11. The molecule has 0 aromatic heterocycles. The van der Waals surface area contributed by atoms with Gasteiger partial charge in [-0.25, -0.2) is 8.42 Å². The molecular formula is C12H21NO3S. The summed E-state index contributed by atoms with van der Waals surface area (Å²) in [6.07, 6.45) is 6.21. The van der Waals surface area contributed by atoms with Gasteiger partial charge in [-0.3, -0.25) is 4.79 Å². The van der Waals surface area contributed by atoms with Crippen molar-refractivity contribution >= 4 is 15.7 Å². The van der Waals surface area contributed by atoms with Crippen LogP contribution >= 0.6 is 0 Å². The second kappa shape index (κ2) is 4.59. The van der Waals surface area contributed by atoms with Crippen molar-refractivity contribution in [3.8, 4) is 0 Å². The quantitative estimate of drug-likeness (QED) is 0.818. The summed E-state index contributed by atoms with van der Waals surface area (Å²) in [4.78, 5) is 11.5. The van der Waals surface area contributed by atoms with E-state index < -0.39 is 15.6 Å². The largest absolute Gasteiger partial charge is 0.352 e. The van der Waals surface area contributed by atoms with E-state index in [1.807, 2.05) is 6.92 Å². The summed E-state index contributed by atoms with van der Waals surface area (Å²) in [5.74, 6) is 1.39. The average molecular weight is 259 g/mol. The molecule has 4 atom stereocenters. The zero-order chi connectivity index (χ0) is 12.6. The second-order valence-corrected chi connectivity index (χ2v) is 7.91. The first-order chi connectivity index (χ1) is 7.85. The van der Waals surface area contributed by atoms with Gasteiger partial charge in [0.1, 0.15) is 5.75 Å². The molecule has 2 rings (SSSR count). The Kier molecular flexibility index (Phi) is 3.48. The lowest BCUT2D eigenvalue weighted by molar-refractivity contribution is -0.119. The lowest BCUT2D eigenvalue weighted by atomic mass is 9.84. The van der Waals surface area contributed by atoms with Crippen molar-refractivity contribution in [2.45, 2.75) is 38.6 Å². The average Bonchev–Trinajstić information content (AvgIpc) is 2.74. The summed E-state index contributed by atoms with van der Waals surface area (Å²) in [6, 6.07) is 0.111. The molecule has 0 heterocycles. The smallest absolute Gasteiger partial charge is 0.235 e. The highest BCUT2D eigenvalue weighted by Crippen LogP contribution is 2.49. The molecule has 0 aliphatic heterocycles. The molecule has 4 nitrogen and oxygen atoms in total. The lowest BCUT2D eigenvalue weighted by Gasteiger charge is -2.28. The zero-order valence-corrected chi connectivity index (χ0v) is 11.3. The third kappa shape index (κ3) is 3.21. The molecule has 0 unspecified atom stereocenters. The van der Waals surface area contributed by atoms with Gasteiger partial charge in [-0.15, -0.1) is 0 Å². The standard InChI is InChI=1S/C12H21NO3S/c1-8(13-12(14)7-17(2,15)16)11-6-9-3-4-10(11)5-9/h8-11H,3-7H2,1-2H3,(H,13,14)/t8-,9-,10-,11-/m0/s1. The topological polar surface area (TPSA) is 63.2 Å². The molecule has 0 aromatic rings. The van der Waals surface area contributed by atoms with E-state index in [1.54, 1.807) is 0 Å². The van der Waals surface area contributed by atoms with Crippen LogP contribution in [0.15, 0.2) is 0 Å². The van der Waals surface area contributed by atoms with Crippen molar-refractivity contribution in [2.24, 2.45) is 17.8 Å². The molecule has 1 N–H and O–H groups in total. The molecule has 1 amide bonds. The molecule has 2 bridgehead atoms. The Balaban J connectivity index is 1.85. The van der Waals surface area contributed by atoms with Gasteiger partial charge in [-0.05, 0) is 43.9 Å². The normalized spacial score (nSPS) is 33.6. The molecule has 0 aromatic carbocycles. The first kappa shape index (κ1) is 12.9. The Morgan fingerprint density at radius 1 is 1.35 bits per heavy atom. The van der Waals surface area contributed by atoms with Gasteiger partial charge in [0.2, 0.25) is 5.91 Å². The van der Waals surface area contributed by atoms with Crippen molar-refractivity contribution in [3.63, 3.8) is 0 Å². The van der Waals surface area contributed by atoms with E-state index in [0.29, 0.717) is 5.92 Å². The molecule has 0 radical (unpaired) electrons. The summed E-state index contributed by atoms with van der Waals surface area (Å²) in [5.41, 5.74) is 0. The molecule has 2 aliphatic carbocycles. The molecular weight excluding hydrogens is 238 g/mol. The van der Waals surface area contributed by atoms with Crippen LogP contribution in [-0.2, 0) is 14.6 Å². The minimum Gasteiger partial charge on any atom is -0.352 e. The van der Waals surface area contributed by atoms with Crippen LogP contribution in [0.2, 0.25) is 0 Å². The van der Waals surface area contributed by atoms with Gasteiger partial charge in [-0.2, -0.15) is 0 Å². The van der Waals surface area contributed by atoms with Crippen molar-refractivity contribution in [1.82, 2.24) is 5.32 Å². The molecule has 98 valence electrons. The number of rotatable bonds is 4. The van der Waals surface area contributed by atoms with Crippen LogP contribution < -0.4 is 5.32 Å². The predicted octanol–water partition coefficient (Wildman–Crippen LogP) is 0.972. The number of carbonyl (C=O) groups excluding carboxylic acids is 1. The molecule has 0 spiro atoms. The van der Waals surface area contributed by atoms with Crippen molar-refractivity contribution in [3.05, 3.63) is 0 Å². The van der Waals surface area contributed by atoms with Crippen molar-refractivity contribution < 1.29 is 13.2 Å². The molecule has 2 aliphatic rings. The first-order valence-electron chi connectivity index (χ1n) is 6.32. The van der Waals surface area contributed by atoms with Gasteiger partial charge in [0.05, 0.1) is 0 Å². The van der Waals surface area contributed by atoms with Crippen molar-refractivity contribution in [1.29, 1.82) is 0 Å². The maximum absolute atomic E-state index is 11.5. The van der Waals surface area contributed by atoms with Gasteiger partial charge in [0.25, 0.3) is 0 Å². The summed E-state index contributed by atoms with van der Waals surface area (Å²) in [5, 5.41) is 2.85. The summed E-state index contributed by atoms with van der Waals surface area (Å²) >= 11 is 0. The second-order valence-electron chi connectivity index (χ2n) is 5.76. The van der Waals surface area contributed by atoms with Crippen LogP contribution in [0.4, 0.5) is 0 Å². The van der Waals surface area contributed by atoms with Gasteiger partial charge in [-0.1, -0.05) is 6.42 Å². The molecule has 2 saturated carbocycles. The van der Waals surface area contributed by atoms with E-state index in [0.717, 1.165) is 18.1 Å². The first-order valence-corrected chi connectivity index (χ1v) is 8.38. The van der Waals surface area contributed by atoms with Gasteiger partial charge < -0.3 is 5.32 Å². The Bertz CT molecular complexity index is 404. The number of sulfone groups is 1. The lowest BCUT2D eigenvalue weighted by Crippen LogP contribution is -2.42. The number of hydrogen-bond donors (Lipinski definition) is 1. The summed E-state index contributed by atoms with van der Waals surface area (Å²) in [7, 11) is -3.21. The van der Waals surface area contributed by atoms with E-state index >= 15 is 0 Å². The Labute approximate surface area is 103 Å². The zero-order valence-electron chi connectivity index (χ0n) is 10.5. The number of amides is 1. The van der Waals surface area contributed by atoms with Gasteiger partial charge in [0.15, 0.2) is 9.84 Å². The highest BCUT2D eigenvalue weighted by Gasteiger charge is 2.42. The predicted molar refractivity (Wildman–Crippen MR) is 66.3 cm³/mol. The fraction of sp³-hybridized carbons (Fsp3) is 0.917. The van der Waals surface area contributed by atoms with E-state index in [9.17, 15) is 13.2 Å². The van der Waals surface area contributed by atoms with Crippen LogP contribution in [0.3, 0.4) is 0 Å². The van der Waals surface area contributed by atoms with Gasteiger partial charge in [0, 0.05) is 12.3 Å². The van der Waals surface area contributed by atoms with Crippen LogP contribution in [0.5, 0.6) is 0 Å². The minimum absolute atomic E-state index is 0.111. The van der Waals surface area contributed by atoms with Crippen LogP contribution in [0, 0.1) is 17.8 Å². The molecule has 0 saturated heterocycles. The number of carbonyl (C=O) groups is 1. The third-order valence-corrected chi connectivity index (χ3v) is 5.00. The molecule has 2 fully saturated rings. The SMILES string of the molecule is C[C@H](NC(=O)CS(C)(=O)=O)[C@@H]1C[C@H]2CC[C@H]1C2. The highest BCUT2D eigenvalue weighted by atomic mass is 32.2. The Morgan fingerprint density at radius 3 is 2.53 bits per heavy atom. The van der Waals surface area contributed by atoms with Gasteiger partial charge >= 0.3 is 0 Å². The number of hydrogen-bond acceptors (Lipinski definition) is 3. The minimum atomic E-state index is -3.21. The highest BCUT2D eigenvalue weighted by molar-refractivity contribution is 7.91. The Morgan fingerprint density at radius 2 is 2.06 bits per heavy atom. The van der Waals surface area contributed by atoms with Crippen LogP contribution in [0.25, 0.3) is 0 Å². The molecule has 5 heteroatoms. The number of fused-ring (bicyclic) bond motifs is 2. The Hall–Kier alpha value is -0.580. The fourth-order valence-electron chi connectivity index (χ4n) is 3.55. The summed E-state index contributed by atoms with van der Waals surface area (Å²) < 4.78 is 22.0. The van der Waals surface area contributed by atoms with Crippen LogP contribution in [0.1, 0.15) is 32.6 Å². The monoisotopic (exact) mass is 259 g/mol. The number of nitrogens with one attached hydrogen (secondary N) is 1. The maximum atomic E-state index is 11.5. The van der Waals surface area contributed by atoms with E-state index in [2.05, 4.69) is 5.32 Å². The van der Waals surface area contributed by atoms with E-state index in [4.69, 9.17) is 0 Å². The van der Waals surface area contributed by atoms with E-state index in [-0.39, 0.29) is 11.9 Å². The maximum Gasteiger partial charge on any atom is 0.235 e. The molecule has 17 heavy (non-hydrogen) atoms. The summed E-state index contributed by atoms with van der Waals surface area (Å²) in [6.45, 7) is 2.01.